The molecule has 0 aliphatic rings. The molecule has 7 nitrogen and oxygen atoms in total. The van der Waals surface area contributed by atoms with Crippen LogP contribution < -0.4 is 9.62 Å². The monoisotopic (exact) mass is 521 g/mol. The van der Waals surface area contributed by atoms with Crippen LogP contribution in [-0.4, -0.2) is 50.5 Å². The Bertz CT molecular complexity index is 1140. The Hall–Kier alpha value is -2.58. The maximum atomic E-state index is 13.7. The summed E-state index contributed by atoms with van der Waals surface area (Å²) in [5, 5.41) is 3.32. The number of halogens is 1. The molecule has 1 N–H and O–H groups in total. The van der Waals surface area contributed by atoms with E-state index >= 15 is 0 Å². The minimum atomic E-state index is -3.81. The van der Waals surface area contributed by atoms with Crippen molar-refractivity contribution in [3.05, 3.63) is 64.2 Å². The largest absolute Gasteiger partial charge is 0.354 e. The molecule has 9 heteroatoms. The Balaban J connectivity index is 2.45. The van der Waals surface area contributed by atoms with Gasteiger partial charge in [-0.25, -0.2) is 8.42 Å². The molecule has 35 heavy (non-hydrogen) atoms. The normalized spacial score (nSPS) is 12.2. The van der Waals surface area contributed by atoms with Crippen LogP contribution in [0.15, 0.2) is 42.5 Å². The van der Waals surface area contributed by atoms with E-state index < -0.39 is 28.5 Å². The summed E-state index contributed by atoms with van der Waals surface area (Å²) in [6.07, 6.45) is 3.22. The van der Waals surface area contributed by atoms with Crippen molar-refractivity contribution in [3.8, 4) is 0 Å². The highest BCUT2D eigenvalue weighted by molar-refractivity contribution is 7.92. The van der Waals surface area contributed by atoms with Gasteiger partial charge in [0.25, 0.3) is 0 Å². The van der Waals surface area contributed by atoms with Gasteiger partial charge in [0.05, 0.1) is 11.9 Å². The fraction of sp³-hybridized carbons (Fsp3) is 0.462. The third-order valence-corrected chi connectivity index (χ3v) is 7.37. The number of sulfonamides is 1. The van der Waals surface area contributed by atoms with Crippen molar-refractivity contribution in [2.24, 2.45) is 0 Å². The topological polar surface area (TPSA) is 86.8 Å². The van der Waals surface area contributed by atoms with Crippen molar-refractivity contribution in [2.75, 3.05) is 23.7 Å². The van der Waals surface area contributed by atoms with Crippen molar-refractivity contribution in [3.63, 3.8) is 0 Å². The van der Waals surface area contributed by atoms with E-state index in [2.05, 4.69) is 5.32 Å². The first-order chi connectivity index (χ1) is 16.5. The molecule has 0 fully saturated rings. The summed E-state index contributed by atoms with van der Waals surface area (Å²) < 4.78 is 26.5. The van der Waals surface area contributed by atoms with Crippen molar-refractivity contribution in [2.45, 2.75) is 59.5 Å². The maximum absolute atomic E-state index is 13.7. The van der Waals surface area contributed by atoms with Crippen LogP contribution in [0.3, 0.4) is 0 Å². The third-order valence-electron chi connectivity index (χ3n) is 5.84. The van der Waals surface area contributed by atoms with Crippen molar-refractivity contribution in [1.29, 1.82) is 0 Å². The van der Waals surface area contributed by atoms with Gasteiger partial charge in [0.15, 0.2) is 0 Å². The average molecular weight is 522 g/mol. The highest BCUT2D eigenvalue weighted by Crippen LogP contribution is 2.28. The number of aryl methyl sites for hydroxylation is 1. The minimum Gasteiger partial charge on any atom is -0.354 e. The standard InChI is InChI=1S/C26H36ClN3O4S/c1-6-8-15-28-26(32)23(7-2)29(17-21-12-9-11-19(3)16-21)25(31)18-30(35(5,33)34)24-14-10-13-22(27)20(24)4/h9-14,16,23H,6-8,15,17-18H2,1-5H3,(H,28,32). The molecule has 192 valence electrons. The van der Waals surface area contributed by atoms with Crippen molar-refractivity contribution < 1.29 is 18.0 Å². The van der Waals surface area contributed by atoms with Gasteiger partial charge >= 0.3 is 0 Å². The van der Waals surface area contributed by atoms with Gasteiger partial charge in [0, 0.05) is 18.1 Å². The zero-order chi connectivity index (χ0) is 26.2. The lowest BCUT2D eigenvalue weighted by molar-refractivity contribution is -0.140. The summed E-state index contributed by atoms with van der Waals surface area (Å²) in [6.45, 7) is 7.82. The first kappa shape index (κ1) is 28.7. The lowest BCUT2D eigenvalue weighted by Crippen LogP contribution is -2.52. The van der Waals surface area contributed by atoms with Crippen LogP contribution >= 0.6 is 11.6 Å². The van der Waals surface area contributed by atoms with Crippen LogP contribution in [-0.2, 0) is 26.2 Å². The summed E-state index contributed by atoms with van der Waals surface area (Å²) in [6, 6.07) is 11.9. The zero-order valence-electron chi connectivity index (χ0n) is 21.2. The van der Waals surface area contributed by atoms with Crippen molar-refractivity contribution in [1.82, 2.24) is 10.2 Å². The van der Waals surface area contributed by atoms with Gasteiger partial charge in [0.1, 0.15) is 12.6 Å². The number of anilines is 1. The number of hydrogen-bond donors (Lipinski definition) is 1. The van der Waals surface area contributed by atoms with E-state index in [1.54, 1.807) is 25.1 Å². The minimum absolute atomic E-state index is 0.187. The number of nitrogens with one attached hydrogen (secondary N) is 1. The molecule has 1 atom stereocenters. The summed E-state index contributed by atoms with van der Waals surface area (Å²) in [4.78, 5) is 28.2. The molecule has 0 aliphatic heterocycles. The Morgan fingerprint density at radius 3 is 2.37 bits per heavy atom. The molecule has 2 aromatic rings. The van der Waals surface area contributed by atoms with E-state index in [1.165, 1.54) is 4.90 Å². The molecule has 0 spiro atoms. The SMILES string of the molecule is CCCCNC(=O)C(CC)N(Cc1cccc(C)c1)C(=O)CN(c1cccc(Cl)c1C)S(C)(=O)=O. The van der Waals surface area contributed by atoms with Crippen LogP contribution in [0.1, 0.15) is 49.8 Å². The Morgan fingerprint density at radius 2 is 1.77 bits per heavy atom. The molecule has 0 aliphatic carbocycles. The van der Waals surface area contributed by atoms with Crippen LogP contribution in [0.4, 0.5) is 5.69 Å². The van der Waals surface area contributed by atoms with E-state index in [4.69, 9.17) is 11.6 Å². The Labute approximate surface area is 214 Å². The second-order valence-electron chi connectivity index (χ2n) is 8.73. The third kappa shape index (κ3) is 7.97. The summed E-state index contributed by atoms with van der Waals surface area (Å²) >= 11 is 6.23. The summed E-state index contributed by atoms with van der Waals surface area (Å²) in [5.41, 5.74) is 2.79. The molecule has 2 aromatic carbocycles. The molecular weight excluding hydrogens is 486 g/mol. The van der Waals surface area contributed by atoms with Gasteiger partial charge in [0.2, 0.25) is 21.8 Å². The van der Waals surface area contributed by atoms with E-state index in [1.807, 2.05) is 45.0 Å². The van der Waals surface area contributed by atoms with Crippen molar-refractivity contribution >= 4 is 39.1 Å². The highest BCUT2D eigenvalue weighted by Gasteiger charge is 2.32. The molecule has 2 rings (SSSR count). The molecule has 1 unspecified atom stereocenters. The number of nitrogens with zero attached hydrogens (tertiary/aromatic N) is 2. The maximum Gasteiger partial charge on any atom is 0.244 e. The van der Waals surface area contributed by atoms with Gasteiger partial charge < -0.3 is 10.2 Å². The fourth-order valence-electron chi connectivity index (χ4n) is 3.89. The number of benzene rings is 2. The molecular formula is C26H36ClN3O4S. The Morgan fingerprint density at radius 1 is 1.09 bits per heavy atom. The number of amides is 2. The molecule has 0 saturated heterocycles. The first-order valence-electron chi connectivity index (χ1n) is 11.8. The van der Waals surface area contributed by atoms with Crippen LogP contribution in [0, 0.1) is 13.8 Å². The van der Waals surface area contributed by atoms with Crippen LogP contribution in [0.5, 0.6) is 0 Å². The number of unbranched alkanes of at least 4 members (excludes halogenated alkanes) is 1. The number of hydrogen-bond acceptors (Lipinski definition) is 4. The second kappa shape index (κ2) is 12.9. The molecule has 0 aromatic heterocycles. The molecule has 0 radical (unpaired) electrons. The van der Waals surface area contributed by atoms with Gasteiger partial charge in [-0.3, -0.25) is 13.9 Å². The molecule has 0 bridgehead atoms. The van der Waals surface area contributed by atoms with Crippen LogP contribution in [0.2, 0.25) is 5.02 Å². The van der Waals surface area contributed by atoms with E-state index in [0.29, 0.717) is 29.2 Å². The van der Waals surface area contributed by atoms with E-state index in [0.717, 1.165) is 34.5 Å². The van der Waals surface area contributed by atoms with Gasteiger partial charge in [-0.05, 0) is 49.9 Å². The fourth-order valence-corrected chi connectivity index (χ4v) is 4.96. The van der Waals surface area contributed by atoms with Crippen LogP contribution in [0.25, 0.3) is 0 Å². The Kier molecular flexibility index (Phi) is 10.6. The smallest absolute Gasteiger partial charge is 0.244 e. The zero-order valence-corrected chi connectivity index (χ0v) is 22.7. The molecule has 0 saturated carbocycles. The van der Waals surface area contributed by atoms with E-state index in [9.17, 15) is 18.0 Å². The molecule has 0 heterocycles. The predicted molar refractivity (Wildman–Crippen MR) is 142 cm³/mol. The second-order valence-corrected chi connectivity index (χ2v) is 11.0. The highest BCUT2D eigenvalue weighted by atomic mass is 35.5. The summed E-state index contributed by atoms with van der Waals surface area (Å²) in [5.74, 6) is -0.708. The lowest BCUT2D eigenvalue weighted by Gasteiger charge is -2.33. The molecule has 2 amide bonds. The predicted octanol–water partition coefficient (Wildman–Crippen LogP) is 4.45. The summed E-state index contributed by atoms with van der Waals surface area (Å²) in [7, 11) is -3.81. The number of carbonyl (C=O) groups excluding carboxylic acids is 2. The average Bonchev–Trinajstić information content (AvgIpc) is 2.79. The van der Waals surface area contributed by atoms with Gasteiger partial charge in [-0.1, -0.05) is 67.8 Å². The lowest BCUT2D eigenvalue weighted by atomic mass is 10.1. The van der Waals surface area contributed by atoms with Gasteiger partial charge in [-0.2, -0.15) is 0 Å². The quantitative estimate of drug-likeness (QED) is 0.418. The van der Waals surface area contributed by atoms with E-state index in [-0.39, 0.29) is 12.5 Å². The number of carbonyl (C=O) groups is 2. The first-order valence-corrected chi connectivity index (χ1v) is 14.1. The number of rotatable bonds is 12. The van der Waals surface area contributed by atoms with Gasteiger partial charge in [-0.15, -0.1) is 0 Å².